The predicted octanol–water partition coefficient (Wildman–Crippen LogP) is 3.75. The molecule has 0 aliphatic carbocycles. The molecule has 4 aromatic rings. The summed E-state index contributed by atoms with van der Waals surface area (Å²) in [5.74, 6) is -2.27. The molecule has 0 saturated heterocycles. The number of amides is 5. The van der Waals surface area contributed by atoms with E-state index in [4.69, 9.17) is 0 Å². The lowest BCUT2D eigenvalue weighted by atomic mass is 10.0. The van der Waals surface area contributed by atoms with Crippen molar-refractivity contribution >= 4 is 56.6 Å². The molecule has 13 heteroatoms. The maximum Gasteiger partial charge on any atom is 0.319 e. The summed E-state index contributed by atoms with van der Waals surface area (Å²) in [6.45, 7) is 1.17. The smallest absolute Gasteiger partial charge is 0.319 e. The van der Waals surface area contributed by atoms with Crippen molar-refractivity contribution in [1.29, 1.82) is 0 Å². The van der Waals surface area contributed by atoms with E-state index in [1.165, 1.54) is 34.1 Å². The van der Waals surface area contributed by atoms with Crippen LogP contribution in [0.25, 0.3) is 0 Å². The Morgan fingerprint density at radius 1 is 0.809 bits per heavy atom. The third-order valence-electron chi connectivity index (χ3n) is 7.37. The number of urea groups is 1. The normalized spacial score (nSPS) is 14.4. The Bertz CT molecular complexity index is 1980. The summed E-state index contributed by atoms with van der Waals surface area (Å²) in [5.41, 5.74) is 2.31. The number of nitrogens with one attached hydrogen (secondary N) is 3. The highest BCUT2D eigenvalue weighted by Crippen LogP contribution is 2.34. The molecule has 0 fully saturated rings. The number of sulfonamides is 1. The quantitative estimate of drug-likeness (QED) is 0.244. The van der Waals surface area contributed by atoms with Crippen LogP contribution in [-0.2, 0) is 14.8 Å². The molecule has 4 aromatic carbocycles. The average molecular weight is 654 g/mol. The first-order valence-electron chi connectivity index (χ1n) is 14.5. The van der Waals surface area contributed by atoms with Crippen molar-refractivity contribution in [2.45, 2.75) is 13.0 Å². The van der Waals surface area contributed by atoms with Gasteiger partial charge in [0.1, 0.15) is 6.04 Å². The first-order chi connectivity index (χ1) is 22.4. The number of carbonyl (C=O) groups is 5. The lowest BCUT2D eigenvalue weighted by Crippen LogP contribution is -2.54. The van der Waals surface area contributed by atoms with Gasteiger partial charge >= 0.3 is 6.03 Å². The van der Waals surface area contributed by atoms with Crippen LogP contribution < -0.4 is 25.2 Å². The highest BCUT2D eigenvalue weighted by Gasteiger charge is 2.38. The van der Waals surface area contributed by atoms with Crippen LogP contribution in [0.2, 0.25) is 0 Å². The van der Waals surface area contributed by atoms with Crippen molar-refractivity contribution in [2.75, 3.05) is 34.5 Å². The van der Waals surface area contributed by atoms with E-state index >= 15 is 0 Å². The van der Waals surface area contributed by atoms with Crippen LogP contribution in [0.15, 0.2) is 103 Å². The second-order valence-electron chi connectivity index (χ2n) is 10.9. The van der Waals surface area contributed by atoms with Crippen LogP contribution in [0.5, 0.6) is 0 Å². The molecule has 5 amide bonds. The van der Waals surface area contributed by atoms with E-state index in [0.717, 1.165) is 11.8 Å². The van der Waals surface area contributed by atoms with E-state index in [2.05, 4.69) is 10.6 Å². The molecule has 47 heavy (non-hydrogen) atoms. The van der Waals surface area contributed by atoms with E-state index < -0.39 is 39.8 Å². The zero-order valence-corrected chi connectivity index (χ0v) is 26.3. The molecule has 1 unspecified atom stereocenters. The van der Waals surface area contributed by atoms with Crippen LogP contribution in [0, 0.1) is 6.92 Å². The SMILES string of the molecule is Cc1ccccc1C(=O)CN1C(=O)C(NC(=O)Nc2cccc(C(=O)NS(C)(=O)=O)c2)CN(C(=O)c2ccccc2)c2ccccc21. The summed E-state index contributed by atoms with van der Waals surface area (Å²) >= 11 is 0. The average Bonchev–Trinajstić information content (AvgIpc) is 3.15. The van der Waals surface area contributed by atoms with E-state index in [-0.39, 0.29) is 30.1 Å². The van der Waals surface area contributed by atoms with Gasteiger partial charge in [0, 0.05) is 22.4 Å². The number of benzene rings is 4. The molecule has 12 nitrogen and oxygen atoms in total. The van der Waals surface area contributed by atoms with Gasteiger partial charge in [0.05, 0.1) is 30.7 Å². The van der Waals surface area contributed by atoms with Gasteiger partial charge in [0.15, 0.2) is 5.78 Å². The highest BCUT2D eigenvalue weighted by atomic mass is 32.2. The van der Waals surface area contributed by atoms with Crippen molar-refractivity contribution in [2.24, 2.45) is 0 Å². The molecule has 1 aliphatic rings. The fraction of sp³-hybridized carbons (Fsp3) is 0.147. The van der Waals surface area contributed by atoms with E-state index in [1.807, 2.05) is 4.72 Å². The van der Waals surface area contributed by atoms with Crippen LogP contribution in [0.3, 0.4) is 0 Å². The van der Waals surface area contributed by atoms with E-state index in [0.29, 0.717) is 22.5 Å². The number of para-hydroxylation sites is 2. The fourth-order valence-electron chi connectivity index (χ4n) is 5.19. The molecule has 0 bridgehead atoms. The Morgan fingerprint density at radius 3 is 2.15 bits per heavy atom. The van der Waals surface area contributed by atoms with Gasteiger partial charge in [-0.2, -0.15) is 0 Å². The van der Waals surface area contributed by atoms with Crippen LogP contribution in [-0.4, -0.2) is 63.3 Å². The maximum absolute atomic E-state index is 14.2. The number of carbonyl (C=O) groups excluding carboxylic acids is 5. The Balaban J connectivity index is 1.47. The molecule has 0 aromatic heterocycles. The Kier molecular flexibility index (Phi) is 9.47. The molecular weight excluding hydrogens is 622 g/mol. The summed E-state index contributed by atoms with van der Waals surface area (Å²) < 4.78 is 24.9. The van der Waals surface area contributed by atoms with Gasteiger partial charge in [-0.1, -0.05) is 60.7 Å². The lowest BCUT2D eigenvalue weighted by molar-refractivity contribution is -0.119. The van der Waals surface area contributed by atoms with Gasteiger partial charge in [-0.15, -0.1) is 0 Å². The topological polar surface area (TPSA) is 162 Å². The molecule has 1 aliphatic heterocycles. The number of rotatable bonds is 8. The maximum atomic E-state index is 14.2. The van der Waals surface area contributed by atoms with Gasteiger partial charge in [-0.05, 0) is 55.0 Å². The number of anilines is 3. The first-order valence-corrected chi connectivity index (χ1v) is 16.4. The monoisotopic (exact) mass is 653 g/mol. The summed E-state index contributed by atoms with van der Waals surface area (Å²) in [5, 5.41) is 5.18. The number of hydrogen-bond donors (Lipinski definition) is 3. The van der Waals surface area contributed by atoms with Crippen molar-refractivity contribution in [1.82, 2.24) is 10.0 Å². The molecule has 5 rings (SSSR count). The van der Waals surface area contributed by atoms with Crippen molar-refractivity contribution in [3.8, 4) is 0 Å². The molecule has 0 spiro atoms. The largest absolute Gasteiger partial charge is 0.324 e. The minimum atomic E-state index is -3.82. The Labute approximate surface area is 271 Å². The summed E-state index contributed by atoms with van der Waals surface area (Å²) in [6.07, 6.45) is 0.839. The van der Waals surface area contributed by atoms with Gasteiger partial charge in [0.2, 0.25) is 10.0 Å². The summed E-state index contributed by atoms with van der Waals surface area (Å²) in [7, 11) is -3.82. The lowest BCUT2D eigenvalue weighted by Gasteiger charge is -2.25. The predicted molar refractivity (Wildman–Crippen MR) is 177 cm³/mol. The van der Waals surface area contributed by atoms with Gasteiger partial charge in [0.25, 0.3) is 17.7 Å². The second-order valence-corrected chi connectivity index (χ2v) is 12.6. The molecule has 1 heterocycles. The van der Waals surface area contributed by atoms with Crippen LogP contribution in [0.4, 0.5) is 21.9 Å². The molecule has 1 atom stereocenters. The molecular formula is C34H31N5O7S. The number of Topliss-reactive ketones (excluding diaryl/α,β-unsaturated/α-hetero) is 1. The third kappa shape index (κ3) is 7.71. The van der Waals surface area contributed by atoms with Crippen molar-refractivity contribution < 1.29 is 32.4 Å². The fourth-order valence-corrected chi connectivity index (χ4v) is 5.65. The Hall–Kier alpha value is -5.82. The van der Waals surface area contributed by atoms with Gasteiger partial charge in [-0.3, -0.25) is 19.2 Å². The number of ketones is 1. The second kappa shape index (κ2) is 13.7. The standard InChI is InChI=1S/C34H31N5O7S/c1-22-11-6-7-16-26(22)30(40)21-39-29-18-9-8-17-28(29)38(32(42)23-12-4-3-5-13-23)20-27(33(39)43)36-34(44)35-25-15-10-14-24(19-25)31(41)37-47(2,45)46/h3-19,27H,20-21H2,1-2H3,(H,37,41)(H2,35,36,44). The first kappa shape index (κ1) is 32.6. The van der Waals surface area contributed by atoms with Gasteiger partial charge < -0.3 is 20.4 Å². The third-order valence-corrected chi connectivity index (χ3v) is 7.93. The van der Waals surface area contributed by atoms with Crippen molar-refractivity contribution in [3.63, 3.8) is 0 Å². The zero-order valence-electron chi connectivity index (χ0n) is 25.5. The van der Waals surface area contributed by atoms with Gasteiger partial charge in [-0.25, -0.2) is 17.9 Å². The molecule has 0 saturated carbocycles. The minimum Gasteiger partial charge on any atom is -0.324 e. The molecule has 0 radical (unpaired) electrons. The van der Waals surface area contributed by atoms with Crippen molar-refractivity contribution in [3.05, 3.63) is 125 Å². The summed E-state index contributed by atoms with van der Waals surface area (Å²) in [4.78, 5) is 69.9. The number of nitrogens with zero attached hydrogens (tertiary/aromatic N) is 2. The molecule has 3 N–H and O–H groups in total. The number of fused-ring (bicyclic) bond motifs is 1. The Morgan fingerprint density at radius 2 is 1.45 bits per heavy atom. The molecule has 240 valence electrons. The zero-order chi connectivity index (χ0) is 33.7. The number of hydrogen-bond acceptors (Lipinski definition) is 7. The highest BCUT2D eigenvalue weighted by molar-refractivity contribution is 7.89. The van der Waals surface area contributed by atoms with E-state index in [1.54, 1.807) is 85.8 Å². The minimum absolute atomic E-state index is 0.0326. The van der Waals surface area contributed by atoms with Crippen LogP contribution >= 0.6 is 0 Å². The van der Waals surface area contributed by atoms with Crippen LogP contribution in [0.1, 0.15) is 36.6 Å². The summed E-state index contributed by atoms with van der Waals surface area (Å²) in [6, 6.07) is 25.6. The van der Waals surface area contributed by atoms with E-state index in [9.17, 15) is 32.4 Å². The number of aryl methyl sites for hydroxylation is 1.